The van der Waals surface area contributed by atoms with Crippen LogP contribution in [0.25, 0.3) is 10.9 Å². The van der Waals surface area contributed by atoms with E-state index in [1.807, 2.05) is 6.20 Å². The smallest absolute Gasteiger partial charge is 0.0457 e. The van der Waals surface area contributed by atoms with Crippen LogP contribution in [0.3, 0.4) is 0 Å². The van der Waals surface area contributed by atoms with Gasteiger partial charge in [0.25, 0.3) is 0 Å². The molecule has 0 aliphatic rings. The summed E-state index contributed by atoms with van der Waals surface area (Å²) in [6, 6.07) is 8.48. The number of aromatic amines is 1. The zero-order valence-electron chi connectivity index (χ0n) is 9.15. The summed E-state index contributed by atoms with van der Waals surface area (Å²) in [5, 5.41) is 1.23. The molecule has 0 spiro atoms. The van der Waals surface area contributed by atoms with Gasteiger partial charge in [0.1, 0.15) is 0 Å². The number of benzene rings is 1. The average Bonchev–Trinajstić information content (AvgIpc) is 2.72. The third kappa shape index (κ3) is 2.76. The van der Waals surface area contributed by atoms with Gasteiger partial charge in [0.15, 0.2) is 0 Å². The molecule has 0 aliphatic heterocycles. The van der Waals surface area contributed by atoms with Crippen LogP contribution in [0, 0.1) is 0 Å². The van der Waals surface area contributed by atoms with Crippen LogP contribution in [0.2, 0.25) is 0 Å². The molecule has 3 nitrogen and oxygen atoms in total. The number of nitrogens with two attached hydrogens (primary N) is 2. The average molecular weight is 240 g/mol. The lowest BCUT2D eigenvalue weighted by Crippen LogP contribution is -2.12. The van der Waals surface area contributed by atoms with Crippen LogP contribution < -0.4 is 11.5 Å². The van der Waals surface area contributed by atoms with Gasteiger partial charge in [-0.2, -0.15) is 0 Å². The number of hydrogen-bond donors (Lipinski definition) is 3. The van der Waals surface area contributed by atoms with Gasteiger partial charge in [0.2, 0.25) is 0 Å². The number of halogens is 1. The van der Waals surface area contributed by atoms with Crippen molar-refractivity contribution < 1.29 is 0 Å². The Morgan fingerprint density at radius 1 is 1.25 bits per heavy atom. The van der Waals surface area contributed by atoms with Crippen LogP contribution in [0.15, 0.2) is 30.5 Å². The zero-order chi connectivity index (χ0) is 10.7. The Morgan fingerprint density at radius 3 is 2.81 bits per heavy atom. The predicted molar refractivity (Wildman–Crippen MR) is 70.8 cm³/mol. The van der Waals surface area contributed by atoms with Crippen molar-refractivity contribution in [3.8, 4) is 0 Å². The number of hydrogen-bond acceptors (Lipinski definition) is 2. The molecule has 0 saturated carbocycles. The molecule has 0 fully saturated rings. The van der Waals surface area contributed by atoms with Gasteiger partial charge in [-0.1, -0.05) is 12.1 Å². The topological polar surface area (TPSA) is 67.8 Å². The first-order chi connectivity index (χ1) is 7.31. The Morgan fingerprint density at radius 2 is 2.06 bits per heavy atom. The maximum absolute atomic E-state index is 6.07. The third-order valence-corrected chi connectivity index (χ3v) is 2.73. The quantitative estimate of drug-likeness (QED) is 0.767. The van der Waals surface area contributed by atoms with Crippen molar-refractivity contribution in [1.29, 1.82) is 0 Å². The number of aromatic nitrogens is 1. The van der Waals surface area contributed by atoms with Crippen LogP contribution in [0.5, 0.6) is 0 Å². The lowest BCUT2D eigenvalue weighted by molar-refractivity contribution is 0.618. The second-order valence-corrected chi connectivity index (χ2v) is 3.86. The standard InChI is InChI=1S/C12H17N3.ClH/c13-6-1-2-11(14)10-4-3-9-5-7-15-12(9)8-10;/h3-5,7-8,11,15H,1-2,6,13-14H2;1H/t11-;/m1./s1. The molecule has 2 rings (SSSR count). The van der Waals surface area contributed by atoms with Crippen molar-refractivity contribution in [2.24, 2.45) is 11.5 Å². The summed E-state index contributed by atoms with van der Waals surface area (Å²) < 4.78 is 0. The minimum absolute atomic E-state index is 0. The van der Waals surface area contributed by atoms with Gasteiger partial charge in [0.05, 0.1) is 0 Å². The lowest BCUT2D eigenvalue weighted by Gasteiger charge is -2.11. The van der Waals surface area contributed by atoms with Crippen molar-refractivity contribution >= 4 is 23.3 Å². The molecule has 0 bridgehead atoms. The van der Waals surface area contributed by atoms with Gasteiger partial charge in [-0.05, 0) is 42.5 Å². The van der Waals surface area contributed by atoms with Gasteiger partial charge in [0, 0.05) is 17.8 Å². The predicted octanol–water partition coefficient (Wildman–Crippen LogP) is 2.33. The fourth-order valence-corrected chi connectivity index (χ4v) is 1.80. The van der Waals surface area contributed by atoms with E-state index in [1.54, 1.807) is 0 Å². The first-order valence-electron chi connectivity index (χ1n) is 5.34. The number of H-pyrrole nitrogens is 1. The number of fused-ring (bicyclic) bond motifs is 1. The molecular weight excluding hydrogens is 222 g/mol. The van der Waals surface area contributed by atoms with Crippen LogP contribution in [0.4, 0.5) is 0 Å². The van der Waals surface area contributed by atoms with E-state index < -0.39 is 0 Å². The number of rotatable bonds is 4. The summed E-state index contributed by atoms with van der Waals surface area (Å²) in [4.78, 5) is 3.19. The Bertz CT molecular complexity index is 439. The fourth-order valence-electron chi connectivity index (χ4n) is 1.80. The minimum atomic E-state index is 0. The molecule has 0 unspecified atom stereocenters. The largest absolute Gasteiger partial charge is 0.361 e. The summed E-state index contributed by atoms with van der Waals surface area (Å²) in [5.41, 5.74) is 13.9. The Balaban J connectivity index is 0.00000128. The molecule has 1 atom stereocenters. The van der Waals surface area contributed by atoms with E-state index in [9.17, 15) is 0 Å². The molecular formula is C12H18ClN3. The van der Waals surface area contributed by atoms with Crippen molar-refractivity contribution in [3.05, 3.63) is 36.0 Å². The highest BCUT2D eigenvalue weighted by Crippen LogP contribution is 2.20. The molecule has 1 heterocycles. The molecule has 0 aliphatic carbocycles. The van der Waals surface area contributed by atoms with Crippen molar-refractivity contribution in [2.75, 3.05) is 6.54 Å². The Labute approximate surface area is 102 Å². The summed E-state index contributed by atoms with van der Waals surface area (Å²) in [6.45, 7) is 0.707. The molecule has 5 N–H and O–H groups in total. The second kappa shape index (κ2) is 5.89. The maximum Gasteiger partial charge on any atom is 0.0457 e. The first kappa shape index (κ1) is 13.0. The monoisotopic (exact) mass is 239 g/mol. The van der Waals surface area contributed by atoms with Gasteiger partial charge in [-0.15, -0.1) is 12.4 Å². The maximum atomic E-state index is 6.07. The highest BCUT2D eigenvalue weighted by Gasteiger charge is 2.06. The van der Waals surface area contributed by atoms with E-state index in [4.69, 9.17) is 11.5 Å². The van der Waals surface area contributed by atoms with E-state index in [-0.39, 0.29) is 18.4 Å². The van der Waals surface area contributed by atoms with Gasteiger partial charge in [-0.25, -0.2) is 0 Å². The van der Waals surface area contributed by atoms with Crippen LogP contribution in [0.1, 0.15) is 24.4 Å². The van der Waals surface area contributed by atoms with E-state index >= 15 is 0 Å². The van der Waals surface area contributed by atoms with E-state index in [0.29, 0.717) is 6.54 Å². The highest BCUT2D eigenvalue weighted by atomic mass is 35.5. The fraction of sp³-hybridized carbons (Fsp3) is 0.333. The Kier molecular flexibility index (Phi) is 4.80. The Hall–Kier alpha value is -1.03. The molecule has 88 valence electrons. The van der Waals surface area contributed by atoms with Crippen LogP contribution >= 0.6 is 12.4 Å². The molecule has 0 radical (unpaired) electrons. The summed E-state index contributed by atoms with van der Waals surface area (Å²) in [5.74, 6) is 0. The summed E-state index contributed by atoms with van der Waals surface area (Å²) >= 11 is 0. The SMILES string of the molecule is Cl.NCCC[C@@H](N)c1ccc2cc[nH]c2c1. The first-order valence-corrected chi connectivity index (χ1v) is 5.34. The van der Waals surface area contributed by atoms with Crippen LogP contribution in [-0.4, -0.2) is 11.5 Å². The minimum Gasteiger partial charge on any atom is -0.361 e. The van der Waals surface area contributed by atoms with E-state index in [0.717, 1.165) is 18.4 Å². The molecule has 0 saturated heterocycles. The summed E-state index contributed by atoms with van der Waals surface area (Å²) in [6.07, 6.45) is 3.87. The van der Waals surface area contributed by atoms with E-state index in [2.05, 4.69) is 29.2 Å². The zero-order valence-corrected chi connectivity index (χ0v) is 9.96. The molecule has 0 amide bonds. The molecule has 4 heteroatoms. The second-order valence-electron chi connectivity index (χ2n) is 3.86. The van der Waals surface area contributed by atoms with E-state index in [1.165, 1.54) is 10.9 Å². The van der Waals surface area contributed by atoms with Crippen molar-refractivity contribution in [2.45, 2.75) is 18.9 Å². The number of nitrogens with one attached hydrogen (secondary N) is 1. The highest BCUT2D eigenvalue weighted by molar-refractivity contribution is 5.85. The van der Waals surface area contributed by atoms with Crippen LogP contribution in [-0.2, 0) is 0 Å². The lowest BCUT2D eigenvalue weighted by atomic mass is 10.0. The van der Waals surface area contributed by atoms with Gasteiger partial charge < -0.3 is 16.5 Å². The molecule has 1 aromatic carbocycles. The van der Waals surface area contributed by atoms with Gasteiger partial charge >= 0.3 is 0 Å². The van der Waals surface area contributed by atoms with Crippen molar-refractivity contribution in [1.82, 2.24) is 4.98 Å². The third-order valence-electron chi connectivity index (χ3n) is 2.73. The molecule has 1 aromatic heterocycles. The van der Waals surface area contributed by atoms with Gasteiger partial charge in [-0.3, -0.25) is 0 Å². The van der Waals surface area contributed by atoms with Crippen molar-refractivity contribution in [3.63, 3.8) is 0 Å². The molecule has 16 heavy (non-hydrogen) atoms. The normalized spacial score (nSPS) is 12.4. The molecule has 2 aromatic rings. The summed E-state index contributed by atoms with van der Waals surface area (Å²) in [7, 11) is 0.